The number of benzene rings is 3. The SMILES string of the molecule is Cc1ccc(S(=O)(=O)N=C(Nc2ccc([O-])c(C)c2C)c2ccccc2)cc1. The molecule has 0 unspecified atom stereocenters. The van der Waals surface area contributed by atoms with Gasteiger partial charge in [0.1, 0.15) is 0 Å². The number of nitrogens with zero attached hydrogens (tertiary/aromatic N) is 1. The van der Waals surface area contributed by atoms with Gasteiger partial charge in [-0.2, -0.15) is 8.42 Å². The van der Waals surface area contributed by atoms with Gasteiger partial charge in [-0.05, 0) is 44.5 Å². The predicted octanol–water partition coefficient (Wildman–Crippen LogP) is 3.93. The Labute approximate surface area is 165 Å². The molecule has 0 saturated heterocycles. The minimum atomic E-state index is -3.91. The van der Waals surface area contributed by atoms with Gasteiger partial charge in [0.15, 0.2) is 5.84 Å². The molecule has 28 heavy (non-hydrogen) atoms. The summed E-state index contributed by atoms with van der Waals surface area (Å²) in [5.41, 5.74) is 3.59. The molecule has 0 heterocycles. The minimum Gasteiger partial charge on any atom is -0.872 e. The largest absolute Gasteiger partial charge is 0.872 e. The summed E-state index contributed by atoms with van der Waals surface area (Å²) < 4.78 is 29.8. The first-order chi connectivity index (χ1) is 13.3. The maximum Gasteiger partial charge on any atom is 0.284 e. The molecule has 5 nitrogen and oxygen atoms in total. The normalized spacial score (nSPS) is 12.0. The third-order valence-corrected chi connectivity index (χ3v) is 5.86. The van der Waals surface area contributed by atoms with Crippen LogP contribution in [0.15, 0.2) is 76.0 Å². The molecular formula is C22H21N2O3S-. The van der Waals surface area contributed by atoms with Gasteiger partial charge in [0, 0.05) is 11.3 Å². The molecule has 3 rings (SSSR count). The highest BCUT2D eigenvalue weighted by atomic mass is 32.2. The Morgan fingerprint density at radius 3 is 2.14 bits per heavy atom. The number of sulfonamides is 1. The fourth-order valence-electron chi connectivity index (χ4n) is 2.69. The lowest BCUT2D eigenvalue weighted by Gasteiger charge is -2.18. The number of anilines is 1. The van der Waals surface area contributed by atoms with Crippen LogP contribution < -0.4 is 10.4 Å². The molecule has 144 valence electrons. The summed E-state index contributed by atoms with van der Waals surface area (Å²) in [6, 6.07) is 18.7. The summed E-state index contributed by atoms with van der Waals surface area (Å²) in [5, 5.41) is 14.9. The maximum absolute atomic E-state index is 12.8. The van der Waals surface area contributed by atoms with E-state index in [4.69, 9.17) is 0 Å². The number of hydrogen-bond donors (Lipinski definition) is 1. The number of nitrogens with one attached hydrogen (secondary N) is 1. The average Bonchev–Trinajstić information content (AvgIpc) is 2.68. The smallest absolute Gasteiger partial charge is 0.284 e. The van der Waals surface area contributed by atoms with Gasteiger partial charge in [-0.3, -0.25) is 0 Å². The van der Waals surface area contributed by atoms with Crippen molar-refractivity contribution in [2.45, 2.75) is 25.7 Å². The summed E-state index contributed by atoms with van der Waals surface area (Å²) >= 11 is 0. The van der Waals surface area contributed by atoms with Crippen LogP contribution in [-0.4, -0.2) is 14.3 Å². The van der Waals surface area contributed by atoms with Crippen LogP contribution in [0.1, 0.15) is 22.3 Å². The molecular weight excluding hydrogens is 372 g/mol. The highest BCUT2D eigenvalue weighted by molar-refractivity contribution is 7.90. The molecule has 0 aliphatic carbocycles. The zero-order valence-electron chi connectivity index (χ0n) is 15.9. The third-order valence-electron chi connectivity index (χ3n) is 4.57. The highest BCUT2D eigenvalue weighted by Crippen LogP contribution is 2.25. The first kappa shape index (κ1) is 19.6. The Balaban J connectivity index is 2.09. The van der Waals surface area contributed by atoms with E-state index in [1.165, 1.54) is 6.07 Å². The monoisotopic (exact) mass is 393 g/mol. The number of aryl methyl sites for hydroxylation is 1. The average molecular weight is 393 g/mol. The van der Waals surface area contributed by atoms with Crippen molar-refractivity contribution in [3.63, 3.8) is 0 Å². The van der Waals surface area contributed by atoms with Gasteiger partial charge < -0.3 is 10.4 Å². The Morgan fingerprint density at radius 2 is 1.50 bits per heavy atom. The van der Waals surface area contributed by atoms with Crippen LogP contribution in [0.5, 0.6) is 5.75 Å². The Kier molecular flexibility index (Phi) is 5.51. The second-order valence-corrected chi connectivity index (χ2v) is 8.18. The van der Waals surface area contributed by atoms with Gasteiger partial charge in [-0.25, -0.2) is 0 Å². The van der Waals surface area contributed by atoms with Crippen LogP contribution in [0.25, 0.3) is 0 Å². The topological polar surface area (TPSA) is 81.6 Å². The Hall–Kier alpha value is -3.12. The van der Waals surface area contributed by atoms with Crippen molar-refractivity contribution in [1.29, 1.82) is 0 Å². The predicted molar refractivity (Wildman–Crippen MR) is 110 cm³/mol. The first-order valence-electron chi connectivity index (χ1n) is 8.79. The van der Waals surface area contributed by atoms with Crippen molar-refractivity contribution >= 4 is 21.5 Å². The molecule has 1 N–H and O–H groups in total. The highest BCUT2D eigenvalue weighted by Gasteiger charge is 2.16. The van der Waals surface area contributed by atoms with E-state index in [0.29, 0.717) is 16.8 Å². The van der Waals surface area contributed by atoms with Crippen LogP contribution in [-0.2, 0) is 10.0 Å². The molecule has 6 heteroatoms. The van der Waals surface area contributed by atoms with Gasteiger partial charge >= 0.3 is 0 Å². The summed E-state index contributed by atoms with van der Waals surface area (Å²) in [6.45, 7) is 5.45. The summed E-state index contributed by atoms with van der Waals surface area (Å²) in [6.07, 6.45) is 0. The second-order valence-electron chi connectivity index (χ2n) is 6.58. The van der Waals surface area contributed by atoms with E-state index in [1.807, 2.05) is 32.0 Å². The van der Waals surface area contributed by atoms with Crippen LogP contribution >= 0.6 is 0 Å². The molecule has 0 fully saturated rings. The lowest BCUT2D eigenvalue weighted by atomic mass is 10.1. The van der Waals surface area contributed by atoms with Crippen molar-refractivity contribution in [3.8, 4) is 5.75 Å². The van der Waals surface area contributed by atoms with Crippen molar-refractivity contribution in [3.05, 3.63) is 89.0 Å². The summed E-state index contributed by atoms with van der Waals surface area (Å²) in [4.78, 5) is 0.121. The van der Waals surface area contributed by atoms with Crippen molar-refractivity contribution in [2.75, 3.05) is 5.32 Å². The van der Waals surface area contributed by atoms with Gasteiger partial charge in [0.2, 0.25) is 0 Å². The van der Waals surface area contributed by atoms with E-state index < -0.39 is 10.0 Å². The molecule has 0 spiro atoms. The number of rotatable bonds is 4. The number of amidine groups is 1. The van der Waals surface area contributed by atoms with E-state index in [1.54, 1.807) is 49.4 Å². The maximum atomic E-state index is 12.8. The van der Waals surface area contributed by atoms with E-state index in [-0.39, 0.29) is 16.5 Å². The molecule has 0 bridgehead atoms. The van der Waals surface area contributed by atoms with Gasteiger partial charge in [0.05, 0.1) is 4.90 Å². The van der Waals surface area contributed by atoms with E-state index in [0.717, 1.165) is 11.1 Å². The van der Waals surface area contributed by atoms with E-state index in [2.05, 4.69) is 9.71 Å². The zero-order valence-corrected chi connectivity index (χ0v) is 16.7. The van der Waals surface area contributed by atoms with Crippen molar-refractivity contribution < 1.29 is 13.5 Å². The molecule has 0 aromatic heterocycles. The van der Waals surface area contributed by atoms with Crippen LogP contribution in [0.3, 0.4) is 0 Å². The first-order valence-corrected chi connectivity index (χ1v) is 10.2. The Morgan fingerprint density at radius 1 is 0.857 bits per heavy atom. The van der Waals surface area contributed by atoms with E-state index in [9.17, 15) is 13.5 Å². The zero-order chi connectivity index (χ0) is 20.3. The Bertz CT molecular complexity index is 1120. The molecule has 0 radical (unpaired) electrons. The number of hydrogen-bond acceptors (Lipinski definition) is 3. The van der Waals surface area contributed by atoms with E-state index >= 15 is 0 Å². The summed E-state index contributed by atoms with van der Waals surface area (Å²) in [7, 11) is -3.91. The third kappa shape index (κ3) is 4.23. The van der Waals surface area contributed by atoms with Gasteiger partial charge in [-0.15, -0.1) is 10.1 Å². The standard InChI is InChI=1S/C22H22N2O3S/c1-15-9-11-19(12-10-15)28(26,27)24-22(18-7-5-4-6-8-18)23-20-13-14-21(25)17(3)16(20)2/h4-14,25H,1-3H3,(H,23,24)/p-1. The molecule has 3 aromatic rings. The van der Waals surface area contributed by atoms with Crippen molar-refractivity contribution in [2.24, 2.45) is 4.40 Å². The fourth-order valence-corrected chi connectivity index (χ4v) is 3.66. The van der Waals surface area contributed by atoms with Crippen LogP contribution in [0.2, 0.25) is 0 Å². The molecule has 0 atom stereocenters. The van der Waals surface area contributed by atoms with Crippen LogP contribution in [0.4, 0.5) is 5.69 Å². The quantitative estimate of drug-likeness (QED) is 0.538. The molecule has 0 aliphatic rings. The molecule has 0 aliphatic heterocycles. The fraction of sp³-hybridized carbons (Fsp3) is 0.136. The molecule has 0 amide bonds. The molecule has 0 saturated carbocycles. The molecule has 3 aromatic carbocycles. The van der Waals surface area contributed by atoms with Gasteiger partial charge in [0.25, 0.3) is 10.0 Å². The lowest BCUT2D eigenvalue weighted by molar-refractivity contribution is -0.269. The minimum absolute atomic E-state index is 0.0615. The van der Waals surface area contributed by atoms with Crippen LogP contribution in [0, 0.1) is 20.8 Å². The van der Waals surface area contributed by atoms with Gasteiger partial charge in [-0.1, -0.05) is 59.7 Å². The van der Waals surface area contributed by atoms with Crippen molar-refractivity contribution in [1.82, 2.24) is 0 Å². The lowest BCUT2D eigenvalue weighted by Crippen LogP contribution is -2.17. The second kappa shape index (κ2) is 7.86. The summed E-state index contributed by atoms with van der Waals surface area (Å²) in [5.74, 6) is 0.135.